The van der Waals surface area contributed by atoms with Gasteiger partial charge in [0.25, 0.3) is 0 Å². The average molecular weight is 597 g/mol. The van der Waals surface area contributed by atoms with Gasteiger partial charge < -0.3 is 29.9 Å². The molecule has 0 aliphatic heterocycles. The van der Waals surface area contributed by atoms with Crippen molar-refractivity contribution < 1.29 is 19.7 Å². The highest BCUT2D eigenvalue weighted by Gasteiger charge is 2.19. The van der Waals surface area contributed by atoms with Crippen LogP contribution in [0.2, 0.25) is 0 Å². The van der Waals surface area contributed by atoms with Gasteiger partial charge in [-0.05, 0) is 89.2 Å². The quantitative estimate of drug-likeness (QED) is 0.125. The maximum Gasteiger partial charge on any atom is 0.166 e. The Morgan fingerprint density at radius 1 is 0.791 bits per heavy atom. The number of hydrogen-bond acceptors (Lipinski definition) is 8. The lowest BCUT2D eigenvalue weighted by atomic mass is 9.88. The molecule has 0 fully saturated rings. The predicted molar refractivity (Wildman–Crippen MR) is 180 cm³/mol. The van der Waals surface area contributed by atoms with Crippen molar-refractivity contribution in [3.8, 4) is 23.0 Å². The molecule has 2 aromatic rings. The Bertz CT molecular complexity index is 1170. The summed E-state index contributed by atoms with van der Waals surface area (Å²) in [6.45, 7) is 21.7. The summed E-state index contributed by atoms with van der Waals surface area (Å²) in [7, 11) is 2.17. The first kappa shape index (κ1) is 36.1. The molecule has 2 aromatic carbocycles. The Kier molecular flexibility index (Phi) is 14.5. The van der Waals surface area contributed by atoms with Crippen LogP contribution in [0.15, 0.2) is 46.4 Å². The van der Waals surface area contributed by atoms with E-state index in [1.807, 2.05) is 52.0 Å². The molecule has 0 saturated carbocycles. The van der Waals surface area contributed by atoms with Crippen molar-refractivity contribution >= 4 is 12.4 Å². The maximum absolute atomic E-state index is 10.5. The minimum atomic E-state index is -0.0131. The fourth-order valence-electron chi connectivity index (χ4n) is 4.54. The van der Waals surface area contributed by atoms with Crippen LogP contribution in [0.1, 0.15) is 79.4 Å². The zero-order valence-electron chi connectivity index (χ0n) is 28.0. The number of ether oxygens (including phenoxy) is 2. The van der Waals surface area contributed by atoms with E-state index >= 15 is 0 Å². The molecule has 0 heterocycles. The highest BCUT2D eigenvalue weighted by Crippen LogP contribution is 2.31. The van der Waals surface area contributed by atoms with Crippen LogP contribution in [0.5, 0.6) is 23.0 Å². The Balaban J connectivity index is 1.68. The molecule has 0 saturated heterocycles. The van der Waals surface area contributed by atoms with Crippen molar-refractivity contribution in [2.45, 2.75) is 80.4 Å². The molecule has 8 heteroatoms. The topological polar surface area (TPSA) is 98.9 Å². The summed E-state index contributed by atoms with van der Waals surface area (Å²) in [6.07, 6.45) is 5.64. The molecule has 0 unspecified atom stereocenters. The third-order valence-electron chi connectivity index (χ3n) is 6.95. The lowest BCUT2D eigenvalue weighted by Gasteiger charge is -2.25. The Labute approximate surface area is 260 Å². The minimum absolute atomic E-state index is 0.000458. The van der Waals surface area contributed by atoms with Crippen molar-refractivity contribution in [3.05, 3.63) is 47.5 Å². The predicted octanol–water partition coefficient (Wildman–Crippen LogP) is 6.56. The second kappa shape index (κ2) is 17.3. The van der Waals surface area contributed by atoms with E-state index in [1.165, 1.54) is 0 Å². The van der Waals surface area contributed by atoms with Crippen molar-refractivity contribution in [3.63, 3.8) is 0 Å². The molecular formula is C35H56N4O4. The number of rotatable bonds is 19. The molecule has 0 aliphatic carbocycles. The Hall–Kier alpha value is -3.10. The van der Waals surface area contributed by atoms with E-state index in [0.717, 1.165) is 39.0 Å². The lowest BCUT2D eigenvalue weighted by molar-refractivity contribution is 0.231. The summed E-state index contributed by atoms with van der Waals surface area (Å²) in [5, 5.41) is 24.5. The van der Waals surface area contributed by atoms with Crippen LogP contribution in [0.3, 0.4) is 0 Å². The third-order valence-corrected chi connectivity index (χ3v) is 6.95. The number of nitrogens with zero attached hydrogens (tertiary/aromatic N) is 3. The molecule has 0 spiro atoms. The van der Waals surface area contributed by atoms with Crippen LogP contribution in [-0.2, 0) is 0 Å². The van der Waals surface area contributed by atoms with E-state index in [0.29, 0.717) is 35.7 Å². The summed E-state index contributed by atoms with van der Waals surface area (Å²) in [5.74, 6) is 1.25. The fourth-order valence-corrected chi connectivity index (χ4v) is 4.54. The zero-order chi connectivity index (χ0) is 32.0. The molecule has 2 rings (SSSR count). The highest BCUT2D eigenvalue weighted by molar-refractivity contribution is 5.85. The fraction of sp³-hybridized carbons (Fsp3) is 0.600. The summed E-state index contributed by atoms with van der Waals surface area (Å²) >= 11 is 0. The van der Waals surface area contributed by atoms with Gasteiger partial charge in [0.1, 0.15) is 0 Å². The Morgan fingerprint density at radius 3 is 1.77 bits per heavy atom. The van der Waals surface area contributed by atoms with Crippen LogP contribution in [0.4, 0.5) is 0 Å². The van der Waals surface area contributed by atoms with E-state index in [1.54, 1.807) is 24.6 Å². The SMILES string of the molecule is CC(C)Oc1cccc(/C=N/CC(C)(C)CCCN(C)CCNCC(C)(C)C/N=C/c2cccc(OC(C)C)c2O)c1O. The van der Waals surface area contributed by atoms with Crippen molar-refractivity contribution in [2.24, 2.45) is 20.8 Å². The number of aliphatic imine (C=N–C) groups is 2. The normalized spacial score (nSPS) is 12.8. The smallest absolute Gasteiger partial charge is 0.166 e. The van der Waals surface area contributed by atoms with Gasteiger partial charge in [-0.2, -0.15) is 0 Å². The van der Waals surface area contributed by atoms with Crippen LogP contribution < -0.4 is 14.8 Å². The van der Waals surface area contributed by atoms with Gasteiger partial charge >= 0.3 is 0 Å². The summed E-state index contributed by atoms with van der Waals surface area (Å²) in [5.41, 5.74) is 1.40. The van der Waals surface area contributed by atoms with Crippen molar-refractivity contribution in [1.29, 1.82) is 0 Å². The van der Waals surface area contributed by atoms with Gasteiger partial charge in [0.2, 0.25) is 0 Å². The number of nitrogens with one attached hydrogen (secondary N) is 1. The van der Waals surface area contributed by atoms with Gasteiger partial charge in [0.15, 0.2) is 23.0 Å². The molecule has 0 bridgehead atoms. The first-order chi connectivity index (χ1) is 20.2. The van der Waals surface area contributed by atoms with E-state index in [2.05, 4.69) is 54.9 Å². The number of para-hydroxylation sites is 2. The van der Waals surface area contributed by atoms with Crippen LogP contribution in [0.25, 0.3) is 0 Å². The van der Waals surface area contributed by atoms with E-state index in [9.17, 15) is 10.2 Å². The van der Waals surface area contributed by atoms with Gasteiger partial charge in [0.05, 0.1) is 12.2 Å². The molecule has 43 heavy (non-hydrogen) atoms. The van der Waals surface area contributed by atoms with Gasteiger partial charge in [-0.25, -0.2) is 0 Å². The second-order valence-electron chi connectivity index (χ2n) is 13.6. The van der Waals surface area contributed by atoms with Gasteiger partial charge in [-0.3, -0.25) is 9.98 Å². The number of benzene rings is 2. The molecule has 0 radical (unpaired) electrons. The standard InChI is InChI=1S/C35H56N4O4/c1-26(2)42-30-15-10-13-28(32(30)40)21-37-23-34(5,6)17-12-19-39(9)20-18-36-24-35(7,8)25-38-22-29-14-11-16-31(33(29)41)43-27(3)4/h10-11,13-16,21-22,26-27,36,40-41H,12,17-20,23-25H2,1-9H3/b37-21+,38-22+. The summed E-state index contributed by atoms with van der Waals surface area (Å²) < 4.78 is 11.3. The van der Waals surface area contributed by atoms with Crippen LogP contribution >= 0.6 is 0 Å². The monoisotopic (exact) mass is 596 g/mol. The molecular weight excluding hydrogens is 540 g/mol. The van der Waals surface area contributed by atoms with Gasteiger partial charge in [-0.1, -0.05) is 39.8 Å². The number of phenols is 2. The molecule has 0 aromatic heterocycles. The van der Waals surface area contributed by atoms with E-state index < -0.39 is 0 Å². The molecule has 3 N–H and O–H groups in total. The Morgan fingerprint density at radius 2 is 1.28 bits per heavy atom. The third kappa shape index (κ3) is 13.8. The average Bonchev–Trinajstić information content (AvgIpc) is 2.90. The number of phenolic OH excluding ortho intramolecular Hbond substituents is 2. The van der Waals surface area contributed by atoms with Crippen LogP contribution in [-0.4, -0.2) is 86.1 Å². The first-order valence-corrected chi connectivity index (χ1v) is 15.6. The zero-order valence-corrected chi connectivity index (χ0v) is 28.0. The molecule has 0 amide bonds. The first-order valence-electron chi connectivity index (χ1n) is 15.6. The van der Waals surface area contributed by atoms with Crippen molar-refractivity contribution in [2.75, 3.05) is 46.3 Å². The molecule has 0 atom stereocenters. The van der Waals surface area contributed by atoms with Gasteiger partial charge in [-0.15, -0.1) is 0 Å². The number of likely N-dealkylation sites (N-methyl/N-ethyl adjacent to an activating group) is 1. The largest absolute Gasteiger partial charge is 0.504 e. The number of aromatic hydroxyl groups is 2. The highest BCUT2D eigenvalue weighted by atomic mass is 16.5. The lowest BCUT2D eigenvalue weighted by Crippen LogP contribution is -2.36. The second-order valence-corrected chi connectivity index (χ2v) is 13.6. The van der Waals surface area contributed by atoms with E-state index in [4.69, 9.17) is 9.47 Å². The van der Waals surface area contributed by atoms with Gasteiger partial charge in [0, 0.05) is 56.3 Å². The van der Waals surface area contributed by atoms with Crippen molar-refractivity contribution in [1.82, 2.24) is 10.2 Å². The number of hydrogen-bond donors (Lipinski definition) is 3. The molecule has 0 aliphatic rings. The molecule has 240 valence electrons. The maximum atomic E-state index is 10.5. The summed E-state index contributed by atoms with van der Waals surface area (Å²) in [4.78, 5) is 11.6. The summed E-state index contributed by atoms with van der Waals surface area (Å²) in [6, 6.07) is 11.0. The van der Waals surface area contributed by atoms with E-state index in [-0.39, 0.29) is 34.5 Å². The van der Waals surface area contributed by atoms with Crippen LogP contribution in [0, 0.1) is 10.8 Å². The molecule has 8 nitrogen and oxygen atoms in total. The minimum Gasteiger partial charge on any atom is -0.504 e.